The second kappa shape index (κ2) is 10.4. The highest BCUT2D eigenvalue weighted by atomic mass is 19.4. The lowest BCUT2D eigenvalue weighted by Crippen LogP contribution is -2.59. The van der Waals surface area contributed by atoms with Crippen molar-refractivity contribution < 1.29 is 27.4 Å². The van der Waals surface area contributed by atoms with Gasteiger partial charge in [-0.2, -0.15) is 5.26 Å². The standard InChI is InChI=1S/C24H25F3N4O3/c25-24(26,27)34-20-3-1-2-18(10-20)12-31-15-21-13-30(14-22(16-31)33-21)9-8-29-23(32)19-6-4-17(11-28)5-7-19/h1-7,10,21-22H,8-9,12-16H2,(H,29,32). The van der Waals surface area contributed by atoms with Gasteiger partial charge < -0.3 is 14.8 Å². The summed E-state index contributed by atoms with van der Waals surface area (Å²) in [6.45, 7) is 4.49. The lowest BCUT2D eigenvalue weighted by molar-refractivity contribution is -0.274. The molecule has 2 aromatic carbocycles. The molecule has 2 aromatic rings. The van der Waals surface area contributed by atoms with Crippen LogP contribution in [0.2, 0.25) is 0 Å². The van der Waals surface area contributed by atoms with E-state index in [0.717, 1.165) is 18.7 Å². The molecule has 0 aliphatic carbocycles. The van der Waals surface area contributed by atoms with Crippen LogP contribution in [0.3, 0.4) is 0 Å². The molecule has 4 rings (SSSR count). The van der Waals surface area contributed by atoms with Crippen molar-refractivity contribution in [2.75, 3.05) is 39.3 Å². The smallest absolute Gasteiger partial charge is 0.406 e. The van der Waals surface area contributed by atoms with Crippen molar-refractivity contribution in [3.63, 3.8) is 0 Å². The first-order valence-electron chi connectivity index (χ1n) is 11.0. The highest BCUT2D eigenvalue weighted by Crippen LogP contribution is 2.25. The minimum Gasteiger partial charge on any atom is -0.406 e. The molecule has 34 heavy (non-hydrogen) atoms. The van der Waals surface area contributed by atoms with Crippen LogP contribution in [-0.2, 0) is 11.3 Å². The summed E-state index contributed by atoms with van der Waals surface area (Å²) in [6, 6.07) is 14.6. The molecule has 2 bridgehead atoms. The molecule has 180 valence electrons. The number of amides is 1. The van der Waals surface area contributed by atoms with E-state index in [0.29, 0.717) is 43.9 Å². The minimum absolute atomic E-state index is 0.00339. The lowest BCUT2D eigenvalue weighted by atomic mass is 10.1. The Balaban J connectivity index is 1.23. The molecular formula is C24H25F3N4O3. The van der Waals surface area contributed by atoms with Gasteiger partial charge in [0.25, 0.3) is 5.91 Å². The van der Waals surface area contributed by atoms with Gasteiger partial charge in [-0.25, -0.2) is 0 Å². The molecule has 1 amide bonds. The van der Waals surface area contributed by atoms with Gasteiger partial charge in [-0.3, -0.25) is 14.6 Å². The molecule has 0 saturated carbocycles. The van der Waals surface area contributed by atoms with E-state index in [1.807, 2.05) is 6.07 Å². The summed E-state index contributed by atoms with van der Waals surface area (Å²) in [6.07, 6.45) is -4.72. The molecule has 10 heteroatoms. The summed E-state index contributed by atoms with van der Waals surface area (Å²) in [4.78, 5) is 16.7. The van der Waals surface area contributed by atoms with E-state index in [-0.39, 0.29) is 23.9 Å². The van der Waals surface area contributed by atoms with Crippen LogP contribution in [0.5, 0.6) is 5.75 Å². The molecule has 2 aliphatic heterocycles. The molecule has 0 spiro atoms. The Morgan fingerprint density at radius 3 is 2.41 bits per heavy atom. The quantitative estimate of drug-likeness (QED) is 0.665. The van der Waals surface area contributed by atoms with E-state index >= 15 is 0 Å². The number of rotatable bonds is 7. The zero-order chi connectivity index (χ0) is 24.1. The molecule has 2 aliphatic rings. The number of carbonyl (C=O) groups excluding carboxylic acids is 1. The first kappa shape index (κ1) is 24.0. The van der Waals surface area contributed by atoms with Crippen LogP contribution < -0.4 is 10.1 Å². The number of nitrogens with zero attached hydrogens (tertiary/aromatic N) is 3. The van der Waals surface area contributed by atoms with Crippen LogP contribution >= 0.6 is 0 Å². The first-order valence-corrected chi connectivity index (χ1v) is 11.0. The monoisotopic (exact) mass is 474 g/mol. The number of nitrogens with one attached hydrogen (secondary N) is 1. The number of hydrogen-bond acceptors (Lipinski definition) is 6. The van der Waals surface area contributed by atoms with Crippen molar-refractivity contribution in [1.82, 2.24) is 15.1 Å². The van der Waals surface area contributed by atoms with Crippen LogP contribution in [0.25, 0.3) is 0 Å². The Hall–Kier alpha value is -3.13. The van der Waals surface area contributed by atoms with Crippen molar-refractivity contribution >= 4 is 5.91 Å². The SMILES string of the molecule is N#Cc1ccc(C(=O)NCCN2CC3CN(Cc4cccc(OC(F)(F)F)c4)CC(C2)O3)cc1. The first-order chi connectivity index (χ1) is 16.3. The molecular weight excluding hydrogens is 449 g/mol. The van der Waals surface area contributed by atoms with Gasteiger partial charge in [0.2, 0.25) is 0 Å². The number of nitriles is 1. The molecule has 0 aromatic heterocycles. The molecule has 7 nitrogen and oxygen atoms in total. The van der Waals surface area contributed by atoms with Crippen LogP contribution in [0.15, 0.2) is 48.5 Å². The van der Waals surface area contributed by atoms with E-state index in [4.69, 9.17) is 10.00 Å². The maximum Gasteiger partial charge on any atom is 0.573 e. The summed E-state index contributed by atoms with van der Waals surface area (Å²) in [5, 5.41) is 11.8. The van der Waals surface area contributed by atoms with Gasteiger partial charge in [-0.05, 0) is 42.0 Å². The van der Waals surface area contributed by atoms with Crippen molar-refractivity contribution in [2.24, 2.45) is 0 Å². The average Bonchev–Trinajstić information content (AvgIpc) is 2.77. The number of ether oxygens (including phenoxy) is 2. The fourth-order valence-corrected chi connectivity index (χ4v) is 4.40. The fraction of sp³-hybridized carbons (Fsp3) is 0.417. The zero-order valence-electron chi connectivity index (χ0n) is 18.4. The summed E-state index contributed by atoms with van der Waals surface area (Å²) in [5.74, 6) is -0.395. The van der Waals surface area contributed by atoms with Crippen molar-refractivity contribution in [2.45, 2.75) is 25.1 Å². The molecule has 2 unspecified atom stereocenters. The van der Waals surface area contributed by atoms with Gasteiger partial charge in [0.05, 0.1) is 23.8 Å². The number of morpholine rings is 2. The molecule has 0 radical (unpaired) electrons. The second-order valence-electron chi connectivity index (χ2n) is 8.47. The van der Waals surface area contributed by atoms with Gasteiger partial charge in [0.15, 0.2) is 0 Å². The van der Waals surface area contributed by atoms with Gasteiger partial charge in [-0.15, -0.1) is 13.2 Å². The maximum absolute atomic E-state index is 12.5. The van der Waals surface area contributed by atoms with Crippen LogP contribution in [0, 0.1) is 11.3 Å². The summed E-state index contributed by atoms with van der Waals surface area (Å²) >= 11 is 0. The van der Waals surface area contributed by atoms with Crippen molar-refractivity contribution in [1.29, 1.82) is 5.26 Å². The Labute approximate surface area is 195 Å². The van der Waals surface area contributed by atoms with Crippen LogP contribution in [0.1, 0.15) is 21.5 Å². The van der Waals surface area contributed by atoms with Gasteiger partial charge in [0, 0.05) is 51.4 Å². The van der Waals surface area contributed by atoms with Gasteiger partial charge in [0.1, 0.15) is 5.75 Å². The van der Waals surface area contributed by atoms with Crippen molar-refractivity contribution in [3.8, 4) is 11.8 Å². The predicted molar refractivity (Wildman–Crippen MR) is 117 cm³/mol. The molecule has 2 heterocycles. The number of fused-ring (bicyclic) bond motifs is 2. The lowest BCUT2D eigenvalue weighted by Gasteiger charge is -2.46. The number of carbonyl (C=O) groups is 1. The maximum atomic E-state index is 12.5. The van der Waals surface area contributed by atoms with Crippen molar-refractivity contribution in [3.05, 3.63) is 65.2 Å². The van der Waals surface area contributed by atoms with Crippen LogP contribution in [-0.4, -0.2) is 73.5 Å². The number of hydrogen-bond donors (Lipinski definition) is 1. The summed E-state index contributed by atoms with van der Waals surface area (Å²) in [7, 11) is 0. The number of halogens is 3. The molecule has 2 fully saturated rings. The third kappa shape index (κ3) is 6.70. The third-order valence-electron chi connectivity index (χ3n) is 5.76. The molecule has 2 saturated heterocycles. The van der Waals surface area contributed by atoms with Crippen LogP contribution in [0.4, 0.5) is 13.2 Å². The summed E-state index contributed by atoms with van der Waals surface area (Å²) < 4.78 is 47.5. The van der Waals surface area contributed by atoms with E-state index in [1.165, 1.54) is 12.1 Å². The van der Waals surface area contributed by atoms with Gasteiger partial charge >= 0.3 is 6.36 Å². The highest BCUT2D eigenvalue weighted by Gasteiger charge is 2.35. The predicted octanol–water partition coefficient (Wildman–Crippen LogP) is 2.77. The third-order valence-corrected chi connectivity index (χ3v) is 5.76. The Bertz CT molecular complexity index is 1020. The van der Waals surface area contributed by atoms with Gasteiger partial charge in [-0.1, -0.05) is 12.1 Å². The number of benzene rings is 2. The Morgan fingerprint density at radius 1 is 1.09 bits per heavy atom. The topological polar surface area (TPSA) is 77.8 Å². The number of alkyl halides is 3. The van der Waals surface area contributed by atoms with E-state index in [1.54, 1.807) is 36.4 Å². The normalized spacial score (nSPS) is 21.0. The fourth-order valence-electron chi connectivity index (χ4n) is 4.40. The second-order valence-corrected chi connectivity index (χ2v) is 8.47. The highest BCUT2D eigenvalue weighted by molar-refractivity contribution is 5.94. The molecule has 1 N–H and O–H groups in total. The average molecular weight is 474 g/mol. The Morgan fingerprint density at radius 2 is 1.76 bits per heavy atom. The molecule has 2 atom stereocenters. The van der Waals surface area contributed by atoms with E-state index in [9.17, 15) is 18.0 Å². The van der Waals surface area contributed by atoms with E-state index in [2.05, 4.69) is 19.9 Å². The Kier molecular flexibility index (Phi) is 7.36. The summed E-state index contributed by atoms with van der Waals surface area (Å²) in [5.41, 5.74) is 1.77. The largest absolute Gasteiger partial charge is 0.573 e. The minimum atomic E-state index is -4.71. The van der Waals surface area contributed by atoms with E-state index < -0.39 is 6.36 Å². The zero-order valence-corrected chi connectivity index (χ0v) is 18.4.